The van der Waals surface area contributed by atoms with E-state index < -0.39 is 11.7 Å². The van der Waals surface area contributed by atoms with E-state index in [1.807, 2.05) is 45.0 Å². The number of ether oxygens (including phenoxy) is 7. The summed E-state index contributed by atoms with van der Waals surface area (Å²) in [4.78, 5) is 25.6. The monoisotopic (exact) mass is 630 g/mol. The predicted octanol–water partition coefficient (Wildman–Crippen LogP) is 4.87. The Labute approximate surface area is 267 Å². The highest BCUT2D eigenvalue weighted by Gasteiger charge is 2.29. The molecule has 0 atom stereocenters. The van der Waals surface area contributed by atoms with Crippen LogP contribution in [0.15, 0.2) is 48.5 Å². The van der Waals surface area contributed by atoms with Crippen LogP contribution in [0.2, 0.25) is 0 Å². The van der Waals surface area contributed by atoms with Gasteiger partial charge in [0.2, 0.25) is 0 Å². The largest absolute Gasteiger partial charge is 0.449 e. The molecule has 2 aromatic rings. The minimum Gasteiger partial charge on any atom is -0.449 e. The van der Waals surface area contributed by atoms with Gasteiger partial charge in [-0.3, -0.25) is 0 Å². The van der Waals surface area contributed by atoms with Crippen molar-refractivity contribution in [3.8, 4) is 11.1 Å². The maximum atomic E-state index is 12.2. The quantitative estimate of drug-likeness (QED) is 0.193. The molecule has 11 nitrogen and oxygen atoms in total. The fourth-order valence-corrected chi connectivity index (χ4v) is 4.63. The average Bonchev–Trinajstić information content (AvgIpc) is 3.33. The second kappa shape index (κ2) is 20.0. The van der Waals surface area contributed by atoms with Gasteiger partial charge in [-0.15, -0.1) is 0 Å². The first-order valence-electron chi connectivity index (χ1n) is 15.7. The Morgan fingerprint density at radius 1 is 0.711 bits per heavy atom. The molecule has 2 amide bonds. The van der Waals surface area contributed by atoms with E-state index in [-0.39, 0.29) is 12.0 Å². The van der Waals surface area contributed by atoms with Gasteiger partial charge in [0.05, 0.1) is 59.5 Å². The molecular weight excluding hydrogens is 580 g/mol. The average molecular weight is 631 g/mol. The molecule has 0 unspecified atom stereocenters. The maximum Gasteiger partial charge on any atom is 0.410 e. The maximum absolute atomic E-state index is 12.2. The van der Waals surface area contributed by atoms with E-state index in [1.165, 1.54) is 27.2 Å². The van der Waals surface area contributed by atoms with Crippen LogP contribution in [0.5, 0.6) is 0 Å². The van der Waals surface area contributed by atoms with E-state index in [0.29, 0.717) is 92.2 Å². The number of carbonyl (C=O) groups excluding carboxylic acids is 2. The molecule has 1 aliphatic carbocycles. The number of hydrogen-bond acceptors (Lipinski definition) is 9. The van der Waals surface area contributed by atoms with E-state index in [4.69, 9.17) is 33.2 Å². The lowest BCUT2D eigenvalue weighted by atomic mass is 9.98. The molecule has 0 fully saturated rings. The summed E-state index contributed by atoms with van der Waals surface area (Å²) in [6, 6.07) is 16.5. The van der Waals surface area contributed by atoms with Crippen molar-refractivity contribution in [1.82, 2.24) is 10.2 Å². The molecule has 1 aliphatic rings. The molecular formula is C34H50N2O9. The molecule has 250 valence electrons. The van der Waals surface area contributed by atoms with E-state index in [0.717, 1.165) is 0 Å². The molecule has 0 saturated heterocycles. The van der Waals surface area contributed by atoms with Crippen LogP contribution in [0.4, 0.5) is 9.59 Å². The molecule has 2 aromatic carbocycles. The van der Waals surface area contributed by atoms with Crippen molar-refractivity contribution < 1.29 is 42.7 Å². The number of benzene rings is 2. The predicted molar refractivity (Wildman–Crippen MR) is 171 cm³/mol. The Kier molecular flexibility index (Phi) is 16.1. The molecule has 0 aliphatic heterocycles. The molecule has 11 heteroatoms. The lowest BCUT2D eigenvalue weighted by molar-refractivity contribution is -0.0131. The molecule has 0 aromatic heterocycles. The zero-order valence-corrected chi connectivity index (χ0v) is 27.2. The number of alkyl carbamates (subject to hydrolysis) is 1. The van der Waals surface area contributed by atoms with Gasteiger partial charge >= 0.3 is 12.2 Å². The summed E-state index contributed by atoms with van der Waals surface area (Å²) in [5, 5.41) is 2.80. The highest BCUT2D eigenvalue weighted by Crippen LogP contribution is 2.44. The van der Waals surface area contributed by atoms with E-state index in [1.54, 1.807) is 7.05 Å². The third-order valence-corrected chi connectivity index (χ3v) is 6.84. The minimum absolute atomic E-state index is 0.0498. The second-order valence-electron chi connectivity index (χ2n) is 11.6. The highest BCUT2D eigenvalue weighted by molar-refractivity contribution is 5.79. The second-order valence-corrected chi connectivity index (χ2v) is 11.6. The Bertz CT molecular complexity index is 1110. The zero-order valence-electron chi connectivity index (χ0n) is 27.2. The van der Waals surface area contributed by atoms with Crippen LogP contribution < -0.4 is 5.32 Å². The number of nitrogens with one attached hydrogen (secondary N) is 1. The van der Waals surface area contributed by atoms with Crippen LogP contribution in [-0.4, -0.2) is 116 Å². The van der Waals surface area contributed by atoms with Gasteiger partial charge in [0.15, 0.2) is 0 Å². The van der Waals surface area contributed by atoms with Crippen molar-refractivity contribution in [1.29, 1.82) is 0 Å². The fraction of sp³-hybridized carbons (Fsp3) is 0.588. The number of fused-ring (bicyclic) bond motifs is 3. The third-order valence-electron chi connectivity index (χ3n) is 6.84. The van der Waals surface area contributed by atoms with E-state index in [9.17, 15) is 9.59 Å². The molecule has 0 bridgehead atoms. The summed E-state index contributed by atoms with van der Waals surface area (Å²) < 4.78 is 38.3. The summed E-state index contributed by atoms with van der Waals surface area (Å²) >= 11 is 0. The lowest BCUT2D eigenvalue weighted by Crippen LogP contribution is -2.36. The highest BCUT2D eigenvalue weighted by atomic mass is 16.6. The Hall–Kier alpha value is -3.22. The van der Waals surface area contributed by atoms with Crippen LogP contribution >= 0.6 is 0 Å². The van der Waals surface area contributed by atoms with Crippen molar-refractivity contribution in [2.24, 2.45) is 0 Å². The molecule has 0 radical (unpaired) electrons. The third kappa shape index (κ3) is 13.8. The molecule has 0 heterocycles. The lowest BCUT2D eigenvalue weighted by Gasteiger charge is -2.24. The van der Waals surface area contributed by atoms with Gasteiger partial charge in [0, 0.05) is 32.7 Å². The zero-order chi connectivity index (χ0) is 32.3. The Morgan fingerprint density at radius 2 is 1.18 bits per heavy atom. The summed E-state index contributed by atoms with van der Waals surface area (Å²) in [5.74, 6) is 0.0498. The van der Waals surface area contributed by atoms with Crippen molar-refractivity contribution in [3.63, 3.8) is 0 Å². The number of hydrogen-bond donors (Lipinski definition) is 1. The van der Waals surface area contributed by atoms with Crippen LogP contribution in [0.3, 0.4) is 0 Å². The topological polar surface area (TPSA) is 114 Å². The first kappa shape index (κ1) is 36.3. The number of likely N-dealkylation sites (N-methyl/N-ethyl adjacent to an activating group) is 1. The van der Waals surface area contributed by atoms with Crippen molar-refractivity contribution >= 4 is 12.2 Å². The molecule has 45 heavy (non-hydrogen) atoms. The van der Waals surface area contributed by atoms with Crippen molar-refractivity contribution in [2.45, 2.75) is 38.7 Å². The summed E-state index contributed by atoms with van der Waals surface area (Å²) in [6.07, 6.45) is -0.102. The number of rotatable bonds is 21. The molecule has 1 N–H and O–H groups in total. The first-order chi connectivity index (χ1) is 21.8. The van der Waals surface area contributed by atoms with Gasteiger partial charge in [0.1, 0.15) is 12.2 Å². The first-order valence-corrected chi connectivity index (χ1v) is 15.7. The van der Waals surface area contributed by atoms with Crippen molar-refractivity contribution in [3.05, 3.63) is 59.7 Å². The number of amides is 2. The molecule has 3 rings (SSSR count). The SMILES string of the molecule is CN(CCOCCOCCOCCOCCOCCCNC(=O)OCC1c2ccccc2-c2ccccc21)C(=O)OC(C)(C)C. The van der Waals surface area contributed by atoms with Crippen LogP contribution in [0, 0.1) is 0 Å². The summed E-state index contributed by atoms with van der Waals surface area (Å²) in [7, 11) is 1.68. The summed E-state index contributed by atoms with van der Waals surface area (Å²) in [6.45, 7) is 11.4. The normalized spacial score (nSPS) is 12.4. The van der Waals surface area contributed by atoms with E-state index in [2.05, 4.69) is 29.6 Å². The van der Waals surface area contributed by atoms with Gasteiger partial charge in [-0.2, -0.15) is 0 Å². The van der Waals surface area contributed by atoms with Crippen molar-refractivity contribution in [2.75, 3.05) is 92.8 Å². The standard InChI is InChI=1S/C34H50N2O9/c1-34(2,3)45-33(38)36(4)15-17-40-19-21-42-23-25-43-24-22-41-20-18-39-16-9-14-35-32(37)44-26-31-29-12-7-5-10-27(29)28-11-6-8-13-30(28)31/h5-8,10-13,31H,9,14-26H2,1-4H3,(H,35,37). The molecule has 0 spiro atoms. The van der Waals surface area contributed by atoms with Gasteiger partial charge < -0.3 is 43.4 Å². The number of carbonyl (C=O) groups is 2. The van der Waals surface area contributed by atoms with Gasteiger partial charge in [-0.1, -0.05) is 48.5 Å². The van der Waals surface area contributed by atoms with Crippen LogP contribution in [0.1, 0.15) is 44.2 Å². The van der Waals surface area contributed by atoms with Crippen LogP contribution in [0.25, 0.3) is 11.1 Å². The van der Waals surface area contributed by atoms with E-state index >= 15 is 0 Å². The van der Waals surface area contributed by atoms with Gasteiger partial charge in [-0.05, 0) is 49.4 Å². The summed E-state index contributed by atoms with van der Waals surface area (Å²) in [5.41, 5.74) is 4.29. The fourth-order valence-electron chi connectivity index (χ4n) is 4.63. The smallest absolute Gasteiger partial charge is 0.410 e. The Balaban J connectivity index is 1.05. The minimum atomic E-state index is -0.513. The Morgan fingerprint density at radius 3 is 1.69 bits per heavy atom. The number of nitrogens with zero attached hydrogens (tertiary/aromatic N) is 1. The van der Waals surface area contributed by atoms with Gasteiger partial charge in [-0.25, -0.2) is 9.59 Å². The van der Waals surface area contributed by atoms with Gasteiger partial charge in [0.25, 0.3) is 0 Å². The molecule has 0 saturated carbocycles. The van der Waals surface area contributed by atoms with Crippen LogP contribution in [-0.2, 0) is 33.2 Å².